The summed E-state index contributed by atoms with van der Waals surface area (Å²) in [6.45, 7) is 16.2. The zero-order valence-corrected chi connectivity index (χ0v) is 81.0. The third-order valence-corrected chi connectivity index (χ3v) is 24.4. The maximum absolute atomic E-state index is 13.5. The van der Waals surface area contributed by atoms with E-state index in [0.717, 1.165) is 95.8 Å². The number of carbonyl (C=O) groups is 4. The SMILES string of the molecule is CCCCCCCCCCCCCCNC(=O)C(CCN=C(N)N)NC(=O)OCC(COCCCCCCCCCCCCCC)OCCCCCCCCCCC(CCC)CCCCCCCCCCCCCCNC(=O)C(CCN=C(N)N)NC(=O)OCC(COCCCCCCCCCCCCCC)OCCCCCCCCCCCCCC. The van der Waals surface area contributed by atoms with Crippen LogP contribution in [-0.2, 0) is 38.0 Å². The molecular formula is C102H204N10O10. The van der Waals surface area contributed by atoms with E-state index in [0.29, 0.717) is 52.7 Å². The molecule has 0 aromatic heterocycles. The van der Waals surface area contributed by atoms with E-state index in [9.17, 15) is 19.2 Å². The number of aliphatic imine (C=N–C) groups is 2. The minimum atomic E-state index is -0.840. The molecule has 0 aliphatic rings. The van der Waals surface area contributed by atoms with Crippen molar-refractivity contribution >= 4 is 35.9 Å². The zero-order chi connectivity index (χ0) is 88.6. The van der Waals surface area contributed by atoms with Gasteiger partial charge in [0.15, 0.2) is 11.9 Å². The average Bonchev–Trinajstić information content (AvgIpc) is 0.917. The molecule has 0 bridgehead atoms. The molecule has 4 amide bonds. The molecule has 12 N–H and O–H groups in total. The Kier molecular flexibility index (Phi) is 94.2. The lowest BCUT2D eigenvalue weighted by Gasteiger charge is -2.21. The van der Waals surface area contributed by atoms with Crippen molar-refractivity contribution in [3.8, 4) is 0 Å². The highest BCUT2D eigenvalue weighted by Crippen LogP contribution is 2.25. The molecular weight excluding hydrogens is 1530 g/mol. The molecule has 0 radical (unpaired) electrons. The fourth-order valence-electron chi connectivity index (χ4n) is 16.5. The number of hydrogen-bond donors (Lipinski definition) is 8. The van der Waals surface area contributed by atoms with Gasteiger partial charge in [0.25, 0.3) is 0 Å². The summed E-state index contributed by atoms with van der Waals surface area (Å²) >= 11 is 0. The quantitative estimate of drug-likeness (QED) is 0.0160. The Labute approximate surface area is 752 Å². The van der Waals surface area contributed by atoms with Crippen LogP contribution < -0.4 is 44.2 Å². The summed E-state index contributed by atoms with van der Waals surface area (Å²) in [5, 5.41) is 11.7. The molecule has 0 aliphatic heterocycles. The van der Waals surface area contributed by atoms with Gasteiger partial charge in [0.2, 0.25) is 11.8 Å². The second-order valence-electron chi connectivity index (χ2n) is 36.4. The van der Waals surface area contributed by atoms with Crippen molar-refractivity contribution < 1.29 is 47.6 Å². The van der Waals surface area contributed by atoms with Gasteiger partial charge in [-0.2, -0.15) is 0 Å². The van der Waals surface area contributed by atoms with Crippen LogP contribution in [0.1, 0.15) is 510 Å². The molecule has 722 valence electrons. The number of nitrogens with one attached hydrogen (secondary N) is 4. The first kappa shape index (κ1) is 118. The second-order valence-corrected chi connectivity index (χ2v) is 36.4. The van der Waals surface area contributed by atoms with Crippen LogP contribution in [0.2, 0.25) is 0 Å². The molecule has 0 heterocycles. The third-order valence-electron chi connectivity index (χ3n) is 24.4. The second kappa shape index (κ2) is 97.5. The number of guanidine groups is 2. The molecule has 0 aliphatic carbocycles. The number of ether oxygens (including phenoxy) is 6. The van der Waals surface area contributed by atoms with E-state index in [1.54, 1.807) is 0 Å². The van der Waals surface area contributed by atoms with E-state index in [-0.39, 0.29) is 69.0 Å². The van der Waals surface area contributed by atoms with Gasteiger partial charge in [-0.25, -0.2) is 9.59 Å². The first-order valence-electron chi connectivity index (χ1n) is 52.8. The van der Waals surface area contributed by atoms with Gasteiger partial charge in [-0.05, 0) is 57.3 Å². The van der Waals surface area contributed by atoms with Crippen molar-refractivity contribution in [3.63, 3.8) is 0 Å². The predicted octanol–water partition coefficient (Wildman–Crippen LogP) is 26.3. The van der Waals surface area contributed by atoms with Crippen LogP contribution in [0.15, 0.2) is 9.98 Å². The van der Waals surface area contributed by atoms with Gasteiger partial charge in [0, 0.05) is 52.6 Å². The van der Waals surface area contributed by atoms with E-state index in [1.165, 1.54) is 372 Å². The van der Waals surface area contributed by atoms with E-state index in [4.69, 9.17) is 51.4 Å². The normalized spacial score (nSPS) is 12.7. The lowest BCUT2D eigenvalue weighted by atomic mass is 9.90. The highest BCUT2D eigenvalue weighted by molar-refractivity contribution is 5.86. The molecule has 0 aromatic rings. The smallest absolute Gasteiger partial charge is 0.407 e. The Hall–Kier alpha value is -4.14. The minimum Gasteiger partial charge on any atom is -0.447 e. The summed E-state index contributed by atoms with van der Waals surface area (Å²) in [5.41, 5.74) is 22.5. The summed E-state index contributed by atoms with van der Waals surface area (Å²) in [5.74, 6) is 0.228. The fraction of sp³-hybridized carbons (Fsp3) is 0.941. The molecule has 20 nitrogen and oxygen atoms in total. The minimum absolute atomic E-state index is 0.0371. The van der Waals surface area contributed by atoms with Crippen LogP contribution >= 0.6 is 0 Å². The van der Waals surface area contributed by atoms with Crippen LogP contribution in [0.3, 0.4) is 0 Å². The van der Waals surface area contributed by atoms with Gasteiger partial charge < -0.3 is 72.6 Å². The lowest BCUT2D eigenvalue weighted by molar-refractivity contribution is -0.124. The summed E-state index contributed by atoms with van der Waals surface area (Å²) in [6, 6.07) is -1.68. The molecule has 0 saturated carbocycles. The number of alkyl carbamates (subject to hydrolysis) is 2. The number of amides is 4. The number of unbranched alkanes of at least 4 members (excludes halogenated alkanes) is 62. The summed E-state index contributed by atoms with van der Waals surface area (Å²) < 4.78 is 36.4. The Bertz CT molecular complexity index is 2250. The highest BCUT2D eigenvalue weighted by atomic mass is 16.6. The van der Waals surface area contributed by atoms with Crippen LogP contribution in [-0.4, -0.2) is 139 Å². The number of carbonyl (C=O) groups excluding carboxylic acids is 4. The first-order chi connectivity index (χ1) is 59.9. The number of rotatable bonds is 100. The van der Waals surface area contributed by atoms with Gasteiger partial charge >= 0.3 is 12.2 Å². The van der Waals surface area contributed by atoms with Crippen molar-refractivity contribution in [1.29, 1.82) is 0 Å². The van der Waals surface area contributed by atoms with Gasteiger partial charge in [0.1, 0.15) is 37.5 Å². The van der Waals surface area contributed by atoms with Crippen molar-refractivity contribution in [2.75, 3.05) is 79.0 Å². The number of hydrogen-bond acceptors (Lipinski definition) is 12. The highest BCUT2D eigenvalue weighted by Gasteiger charge is 2.25. The molecule has 0 spiro atoms. The summed E-state index contributed by atoms with van der Waals surface area (Å²) in [6.07, 6.45) is 89.7. The van der Waals surface area contributed by atoms with Crippen LogP contribution in [0, 0.1) is 5.92 Å². The topological polar surface area (TPSA) is 301 Å². The predicted molar refractivity (Wildman–Crippen MR) is 519 cm³/mol. The van der Waals surface area contributed by atoms with Crippen LogP contribution in [0.5, 0.6) is 0 Å². The molecule has 5 atom stereocenters. The van der Waals surface area contributed by atoms with Gasteiger partial charge in [0.05, 0.1) is 13.2 Å². The Morgan fingerprint density at radius 1 is 0.254 bits per heavy atom. The lowest BCUT2D eigenvalue weighted by Crippen LogP contribution is -2.48. The van der Waals surface area contributed by atoms with Crippen LogP contribution in [0.25, 0.3) is 0 Å². The molecule has 0 fully saturated rings. The first-order valence-corrected chi connectivity index (χ1v) is 52.8. The van der Waals surface area contributed by atoms with Gasteiger partial charge in [-0.1, -0.05) is 458 Å². The number of nitrogens with zero attached hydrogens (tertiary/aromatic N) is 2. The van der Waals surface area contributed by atoms with Crippen molar-refractivity contribution in [2.45, 2.75) is 534 Å². The molecule has 0 rings (SSSR count). The van der Waals surface area contributed by atoms with Gasteiger partial charge in [-0.15, -0.1) is 0 Å². The molecule has 20 heteroatoms. The third kappa shape index (κ3) is 89.3. The summed E-state index contributed by atoms with van der Waals surface area (Å²) in [7, 11) is 0. The van der Waals surface area contributed by atoms with Crippen molar-refractivity contribution in [2.24, 2.45) is 38.8 Å². The molecule has 0 aromatic carbocycles. The van der Waals surface area contributed by atoms with Crippen molar-refractivity contribution in [3.05, 3.63) is 0 Å². The average molecular weight is 1730 g/mol. The van der Waals surface area contributed by atoms with Gasteiger partial charge in [-0.3, -0.25) is 19.6 Å². The Morgan fingerprint density at radius 2 is 0.484 bits per heavy atom. The zero-order valence-electron chi connectivity index (χ0n) is 81.0. The Morgan fingerprint density at radius 3 is 0.730 bits per heavy atom. The standard InChI is InChI=1S/C102H204N10O10/c1-6-11-15-19-23-27-31-38-45-53-61-69-80-107-97(113)95(78-82-109-99(103)104)112-102(116)122-91-94(89-118-85-72-64-56-48-41-33-29-25-21-17-13-8-3)120-87-74-66-58-50-44-52-60-68-77-92(75-10-5)76-67-59-51-43-37-35-36-39-46-54-62-70-81-108-98(114)96(79-83-110-100(105)106)111-101(115)121-90-93(119-86-73-65-57-49-42-34-30-26-22-18-14-9-4)88-117-84-71-63-55-47-40-32-28-24-20-16-12-7-2/h92-96H,6-91H2,1-5H3,(H,107,113)(H,108,114)(H,111,115)(H,112,116)(H4,103,104,109)(H4,105,106,110). The monoisotopic (exact) mass is 1730 g/mol. The van der Waals surface area contributed by atoms with E-state index < -0.39 is 30.4 Å². The van der Waals surface area contributed by atoms with E-state index >= 15 is 0 Å². The van der Waals surface area contributed by atoms with E-state index in [2.05, 4.69) is 65.9 Å². The van der Waals surface area contributed by atoms with Crippen LogP contribution in [0.4, 0.5) is 9.59 Å². The molecule has 0 saturated heterocycles. The summed E-state index contributed by atoms with van der Waals surface area (Å²) in [4.78, 5) is 61.7. The number of nitrogens with two attached hydrogens (primary N) is 4. The van der Waals surface area contributed by atoms with Crippen molar-refractivity contribution in [1.82, 2.24) is 21.3 Å². The van der Waals surface area contributed by atoms with E-state index in [1.807, 2.05) is 0 Å². The molecule has 122 heavy (non-hydrogen) atoms. The largest absolute Gasteiger partial charge is 0.447 e. The molecule has 5 unspecified atom stereocenters. The Balaban J connectivity index is 4.75. The maximum atomic E-state index is 13.5. The maximum Gasteiger partial charge on any atom is 0.407 e. The fourth-order valence-corrected chi connectivity index (χ4v) is 16.5.